The third kappa shape index (κ3) is 5.42. The number of benzene rings is 10. The topological polar surface area (TPSA) is 16.4 Å². The first kappa shape index (κ1) is 32.0. The smallest absolute Gasteiger partial charge is 0.136 e. The number of furan rings is 1. The van der Waals surface area contributed by atoms with Gasteiger partial charge in [0.15, 0.2) is 0 Å². The van der Waals surface area contributed by atoms with Crippen LogP contribution in [-0.2, 0) is 0 Å². The Labute approximate surface area is 325 Å². The van der Waals surface area contributed by atoms with Gasteiger partial charge < -0.3 is 9.32 Å². The van der Waals surface area contributed by atoms with E-state index in [2.05, 4.69) is 205 Å². The Morgan fingerprint density at radius 2 is 0.821 bits per heavy atom. The zero-order chi connectivity index (χ0) is 37.0. The summed E-state index contributed by atoms with van der Waals surface area (Å²) >= 11 is 0. The van der Waals surface area contributed by atoms with E-state index in [0.717, 1.165) is 39.0 Å². The molecule has 0 spiro atoms. The zero-order valence-electron chi connectivity index (χ0n) is 30.6. The van der Waals surface area contributed by atoms with Gasteiger partial charge in [0, 0.05) is 27.5 Å². The summed E-state index contributed by atoms with van der Waals surface area (Å²) in [6.07, 6.45) is 0. The molecule has 0 saturated carbocycles. The Balaban J connectivity index is 0.990. The molecule has 11 aromatic rings. The Kier molecular flexibility index (Phi) is 7.53. The average Bonchev–Trinajstić information content (AvgIpc) is 3.66. The molecule has 0 aliphatic carbocycles. The molecule has 0 saturated heterocycles. The van der Waals surface area contributed by atoms with Crippen LogP contribution in [0.5, 0.6) is 0 Å². The molecular weight excluding hydrogens is 679 g/mol. The predicted octanol–water partition coefficient (Wildman–Crippen LogP) is 15.5. The minimum atomic E-state index is 0.912. The summed E-state index contributed by atoms with van der Waals surface area (Å²) in [5, 5.41) is 9.74. The predicted molar refractivity (Wildman–Crippen MR) is 237 cm³/mol. The van der Waals surface area contributed by atoms with Crippen LogP contribution in [0, 0.1) is 0 Å². The van der Waals surface area contributed by atoms with Crippen molar-refractivity contribution in [2.45, 2.75) is 0 Å². The van der Waals surface area contributed by atoms with Gasteiger partial charge in [-0.05, 0) is 109 Å². The lowest BCUT2D eigenvalue weighted by molar-refractivity contribution is 0.669. The molecule has 0 atom stereocenters. The molecule has 0 aliphatic heterocycles. The first-order valence-corrected chi connectivity index (χ1v) is 19.2. The maximum atomic E-state index is 6.18. The number of hydrogen-bond acceptors (Lipinski definition) is 2. The van der Waals surface area contributed by atoms with Crippen molar-refractivity contribution in [2.75, 3.05) is 4.90 Å². The molecule has 0 aliphatic rings. The van der Waals surface area contributed by atoms with E-state index in [1.165, 1.54) is 65.7 Å². The van der Waals surface area contributed by atoms with Crippen LogP contribution in [0.2, 0.25) is 0 Å². The molecule has 262 valence electrons. The summed E-state index contributed by atoms with van der Waals surface area (Å²) in [5.41, 5.74) is 12.3. The summed E-state index contributed by atoms with van der Waals surface area (Å²) in [5.74, 6) is 0. The van der Waals surface area contributed by atoms with Crippen molar-refractivity contribution in [3.63, 3.8) is 0 Å². The highest BCUT2D eigenvalue weighted by Gasteiger charge is 2.18. The quantitative estimate of drug-likeness (QED) is 0.160. The standard InChI is InChI=1S/C54H35NO/c1-2-11-41-34-42(25-22-36(41)10-1)39-28-32-45(33-29-39)55(51-35-43-12-3-4-13-46(43)48-14-5-6-15-49(48)51)44-30-26-38(27-31-44)37-20-23-40(24-21-37)47-17-9-19-53-54(47)50-16-7-8-18-52(50)56-53/h1-35H. The van der Waals surface area contributed by atoms with Crippen molar-refractivity contribution < 1.29 is 4.42 Å². The van der Waals surface area contributed by atoms with Crippen molar-refractivity contribution in [3.05, 3.63) is 212 Å². The second kappa shape index (κ2) is 13.2. The van der Waals surface area contributed by atoms with Gasteiger partial charge in [-0.1, -0.05) is 164 Å². The molecule has 11 rings (SSSR count). The third-order valence-electron chi connectivity index (χ3n) is 11.3. The van der Waals surface area contributed by atoms with E-state index in [-0.39, 0.29) is 0 Å². The van der Waals surface area contributed by atoms with E-state index in [4.69, 9.17) is 4.42 Å². The second-order valence-corrected chi connectivity index (χ2v) is 14.5. The summed E-state index contributed by atoms with van der Waals surface area (Å²) in [7, 11) is 0. The lowest BCUT2D eigenvalue weighted by Crippen LogP contribution is -2.10. The first-order valence-electron chi connectivity index (χ1n) is 19.2. The third-order valence-corrected chi connectivity index (χ3v) is 11.3. The number of fused-ring (bicyclic) bond motifs is 7. The van der Waals surface area contributed by atoms with Gasteiger partial charge in [0.1, 0.15) is 11.2 Å². The zero-order valence-corrected chi connectivity index (χ0v) is 30.6. The normalized spacial score (nSPS) is 11.6. The SMILES string of the molecule is c1ccc2cc(-c3ccc(N(c4ccc(-c5ccc(-c6cccc7oc8ccccc8c67)cc5)cc4)c4cc5ccccc5c5ccccc45)cc3)ccc2c1. The molecule has 1 heterocycles. The number of para-hydroxylation sites is 1. The fourth-order valence-electron chi connectivity index (χ4n) is 8.48. The van der Waals surface area contributed by atoms with Gasteiger partial charge in [0.05, 0.1) is 5.69 Å². The van der Waals surface area contributed by atoms with Crippen LogP contribution in [0.15, 0.2) is 217 Å². The van der Waals surface area contributed by atoms with Crippen molar-refractivity contribution >= 4 is 71.3 Å². The molecule has 0 N–H and O–H groups in total. The number of nitrogens with zero attached hydrogens (tertiary/aromatic N) is 1. The van der Waals surface area contributed by atoms with Crippen LogP contribution >= 0.6 is 0 Å². The van der Waals surface area contributed by atoms with Gasteiger partial charge in [-0.3, -0.25) is 0 Å². The molecule has 2 heteroatoms. The second-order valence-electron chi connectivity index (χ2n) is 14.5. The van der Waals surface area contributed by atoms with Gasteiger partial charge >= 0.3 is 0 Å². The summed E-state index contributed by atoms with van der Waals surface area (Å²) in [6, 6.07) is 76.6. The lowest BCUT2D eigenvalue weighted by Gasteiger charge is -2.28. The Morgan fingerprint density at radius 3 is 1.55 bits per heavy atom. The molecule has 0 bridgehead atoms. The van der Waals surface area contributed by atoms with E-state index < -0.39 is 0 Å². The number of hydrogen-bond donors (Lipinski definition) is 0. The van der Waals surface area contributed by atoms with E-state index in [1.54, 1.807) is 0 Å². The Bertz CT molecular complexity index is 3230. The molecule has 0 fully saturated rings. The first-order chi connectivity index (χ1) is 27.7. The molecular formula is C54H35NO. The Morgan fingerprint density at radius 1 is 0.304 bits per heavy atom. The molecule has 0 amide bonds. The van der Waals surface area contributed by atoms with Gasteiger partial charge in [0.25, 0.3) is 0 Å². The number of rotatable bonds is 6. The van der Waals surface area contributed by atoms with E-state index in [1.807, 2.05) is 12.1 Å². The number of anilines is 3. The van der Waals surface area contributed by atoms with E-state index in [9.17, 15) is 0 Å². The highest BCUT2D eigenvalue weighted by molar-refractivity contribution is 6.15. The fraction of sp³-hybridized carbons (Fsp3) is 0. The van der Waals surface area contributed by atoms with Crippen LogP contribution in [-0.4, -0.2) is 0 Å². The minimum absolute atomic E-state index is 0.912. The summed E-state index contributed by atoms with van der Waals surface area (Å²) < 4.78 is 6.18. The largest absolute Gasteiger partial charge is 0.456 e. The molecule has 0 unspecified atom stereocenters. The van der Waals surface area contributed by atoms with Gasteiger partial charge in [-0.15, -0.1) is 0 Å². The van der Waals surface area contributed by atoms with Crippen molar-refractivity contribution in [1.29, 1.82) is 0 Å². The van der Waals surface area contributed by atoms with E-state index >= 15 is 0 Å². The van der Waals surface area contributed by atoms with Gasteiger partial charge in [-0.2, -0.15) is 0 Å². The molecule has 2 nitrogen and oxygen atoms in total. The van der Waals surface area contributed by atoms with Crippen LogP contribution in [0.4, 0.5) is 17.1 Å². The fourth-order valence-corrected chi connectivity index (χ4v) is 8.48. The van der Waals surface area contributed by atoms with Crippen LogP contribution in [0.1, 0.15) is 0 Å². The Hall–Kier alpha value is -7.42. The summed E-state index contributed by atoms with van der Waals surface area (Å²) in [4.78, 5) is 2.40. The highest BCUT2D eigenvalue weighted by atomic mass is 16.3. The molecule has 56 heavy (non-hydrogen) atoms. The van der Waals surface area contributed by atoms with E-state index in [0.29, 0.717) is 0 Å². The maximum Gasteiger partial charge on any atom is 0.136 e. The lowest BCUT2D eigenvalue weighted by atomic mass is 9.96. The van der Waals surface area contributed by atoms with Crippen molar-refractivity contribution in [2.24, 2.45) is 0 Å². The van der Waals surface area contributed by atoms with Gasteiger partial charge in [0.2, 0.25) is 0 Å². The van der Waals surface area contributed by atoms with Gasteiger partial charge in [-0.25, -0.2) is 0 Å². The van der Waals surface area contributed by atoms with Crippen LogP contribution in [0.3, 0.4) is 0 Å². The van der Waals surface area contributed by atoms with Crippen LogP contribution < -0.4 is 4.90 Å². The molecule has 10 aromatic carbocycles. The summed E-state index contributed by atoms with van der Waals surface area (Å²) in [6.45, 7) is 0. The highest BCUT2D eigenvalue weighted by Crippen LogP contribution is 2.43. The molecule has 1 aromatic heterocycles. The monoisotopic (exact) mass is 713 g/mol. The average molecular weight is 714 g/mol. The van der Waals surface area contributed by atoms with Crippen molar-refractivity contribution in [1.82, 2.24) is 0 Å². The maximum absolute atomic E-state index is 6.18. The minimum Gasteiger partial charge on any atom is -0.456 e. The van der Waals surface area contributed by atoms with Crippen LogP contribution in [0.25, 0.3) is 87.6 Å². The van der Waals surface area contributed by atoms with Crippen molar-refractivity contribution in [3.8, 4) is 33.4 Å². The molecule has 0 radical (unpaired) electrons.